The van der Waals surface area contributed by atoms with Crippen LogP contribution in [0.25, 0.3) is 156 Å². The van der Waals surface area contributed by atoms with E-state index in [1.165, 1.54) is 83.4 Å². The van der Waals surface area contributed by atoms with Gasteiger partial charge in [0, 0.05) is 73.0 Å². The third-order valence-electron chi connectivity index (χ3n) is 14.2. The fraction of sp³-hybridized carbons (Fsp3) is 0. The second-order valence-corrected chi connectivity index (χ2v) is 20.0. The van der Waals surface area contributed by atoms with Gasteiger partial charge >= 0.3 is 0 Å². The maximum atomic E-state index is 6.35. The standard InChI is InChI=1S/C61H32N4OS2/c1-4-16-50-38(9-1)39-25-22-35(30-51(39)66-50)34-20-19-33-21-28-45-44-12-7-14-48-57(44)58-46(56(45)47(33)29-34)13-8-15-49(58)65(48)61-63-59(36-23-26-42-40-10-2-5-17-52(40)67-54(42)31-36)62-60(64-61)37-24-27-43-41-11-3-6-18-53(41)68-55(43)32-37/h1-32H. The van der Waals surface area contributed by atoms with Crippen molar-refractivity contribution in [2.24, 2.45) is 0 Å². The molecule has 0 radical (unpaired) electrons. The van der Waals surface area contributed by atoms with E-state index in [-0.39, 0.29) is 0 Å². The lowest BCUT2D eigenvalue weighted by Crippen LogP contribution is -2.06. The molecule has 0 bridgehead atoms. The SMILES string of the molecule is c1ccc2c(c1)oc1cc(-c3ccc4ccc5c6cccc7c6c6c(cccc6n7-c6nc(-c7ccc8c(c7)sc7ccccc78)nc(-c7ccc8c(c7)sc7ccccc78)n6)c5c4c3)ccc12. The van der Waals surface area contributed by atoms with Crippen LogP contribution in [0.4, 0.5) is 0 Å². The van der Waals surface area contributed by atoms with E-state index in [1.54, 1.807) is 22.7 Å². The number of furan rings is 1. The summed E-state index contributed by atoms with van der Waals surface area (Å²) in [6.45, 7) is 0. The van der Waals surface area contributed by atoms with Gasteiger partial charge in [-0.15, -0.1) is 22.7 Å². The normalized spacial score (nSPS) is 12.4. The summed E-state index contributed by atoms with van der Waals surface area (Å²) < 4.78 is 13.6. The second kappa shape index (κ2) is 13.5. The van der Waals surface area contributed by atoms with E-state index in [4.69, 9.17) is 19.4 Å². The van der Waals surface area contributed by atoms with Gasteiger partial charge in [0.25, 0.3) is 0 Å². The molecule has 7 heteroatoms. The van der Waals surface area contributed by atoms with E-state index < -0.39 is 0 Å². The molecule has 16 rings (SSSR count). The third-order valence-corrected chi connectivity index (χ3v) is 16.5. The van der Waals surface area contributed by atoms with Crippen molar-refractivity contribution in [3.05, 3.63) is 194 Å². The second-order valence-electron chi connectivity index (χ2n) is 17.9. The molecule has 0 aliphatic heterocycles. The average molecular weight is 901 g/mol. The number of hydrogen-bond donors (Lipinski definition) is 0. The molecule has 0 spiro atoms. The number of benzene rings is 11. The van der Waals surface area contributed by atoms with Crippen LogP contribution in [0.15, 0.2) is 199 Å². The number of para-hydroxylation sites is 1. The smallest absolute Gasteiger partial charge is 0.238 e. The highest BCUT2D eigenvalue weighted by atomic mass is 32.1. The van der Waals surface area contributed by atoms with E-state index in [1.807, 2.05) is 12.1 Å². The van der Waals surface area contributed by atoms with Crippen molar-refractivity contribution in [3.63, 3.8) is 0 Å². The molecule has 0 N–H and O–H groups in total. The molecule has 68 heavy (non-hydrogen) atoms. The lowest BCUT2D eigenvalue weighted by molar-refractivity contribution is 0.669. The first-order valence-electron chi connectivity index (χ1n) is 22.8. The molecule has 0 fully saturated rings. The maximum absolute atomic E-state index is 6.35. The summed E-state index contributed by atoms with van der Waals surface area (Å²) in [4.78, 5) is 16.2. The van der Waals surface area contributed by atoms with Gasteiger partial charge in [-0.2, -0.15) is 9.97 Å². The zero-order valence-corrected chi connectivity index (χ0v) is 37.6. The van der Waals surface area contributed by atoms with Gasteiger partial charge in [0.15, 0.2) is 11.6 Å². The summed E-state index contributed by atoms with van der Waals surface area (Å²) in [7, 11) is 0. The summed E-state index contributed by atoms with van der Waals surface area (Å²) in [5.74, 6) is 1.87. The van der Waals surface area contributed by atoms with Crippen LogP contribution >= 0.6 is 22.7 Å². The predicted octanol–water partition coefficient (Wildman–Crippen LogP) is 17.5. The Kier molecular flexibility index (Phi) is 7.31. The monoisotopic (exact) mass is 900 g/mol. The van der Waals surface area contributed by atoms with Gasteiger partial charge in [0.2, 0.25) is 5.95 Å². The lowest BCUT2D eigenvalue weighted by atomic mass is 9.90. The Morgan fingerprint density at radius 3 is 1.54 bits per heavy atom. The first-order valence-corrected chi connectivity index (χ1v) is 24.5. The summed E-state index contributed by atoms with van der Waals surface area (Å²) in [6.07, 6.45) is 0. The van der Waals surface area contributed by atoms with Gasteiger partial charge in [0.1, 0.15) is 11.2 Å². The van der Waals surface area contributed by atoms with E-state index in [0.717, 1.165) is 55.2 Å². The first-order chi connectivity index (χ1) is 33.7. The number of aromatic nitrogens is 4. The van der Waals surface area contributed by atoms with Crippen LogP contribution in [0.2, 0.25) is 0 Å². The fourth-order valence-corrected chi connectivity index (χ4v) is 13.4. The molecule has 5 heterocycles. The van der Waals surface area contributed by atoms with E-state index in [9.17, 15) is 0 Å². The molecular weight excluding hydrogens is 869 g/mol. The van der Waals surface area contributed by atoms with Crippen LogP contribution in [-0.2, 0) is 0 Å². The Bertz CT molecular complexity index is 4690. The minimum absolute atomic E-state index is 0.589. The average Bonchev–Trinajstić information content (AvgIpc) is 4.16. The highest BCUT2D eigenvalue weighted by Gasteiger charge is 2.24. The quantitative estimate of drug-likeness (QED) is 0.165. The molecule has 0 aliphatic rings. The Balaban J connectivity index is 0.938. The molecule has 11 aromatic carbocycles. The van der Waals surface area contributed by atoms with Crippen LogP contribution in [0.5, 0.6) is 0 Å². The molecule has 0 unspecified atom stereocenters. The van der Waals surface area contributed by atoms with Crippen LogP contribution in [0, 0.1) is 0 Å². The molecule has 5 nitrogen and oxygen atoms in total. The van der Waals surface area contributed by atoms with E-state index >= 15 is 0 Å². The first kappa shape index (κ1) is 36.7. The Hall–Kier alpha value is -8.49. The molecule has 0 saturated heterocycles. The number of hydrogen-bond acceptors (Lipinski definition) is 6. The zero-order valence-electron chi connectivity index (χ0n) is 36.0. The molecular formula is C61H32N4OS2. The minimum atomic E-state index is 0.589. The molecule has 0 saturated carbocycles. The summed E-state index contributed by atoms with van der Waals surface area (Å²) >= 11 is 3.61. The number of rotatable bonds is 4. The summed E-state index contributed by atoms with van der Waals surface area (Å²) in [5, 5.41) is 17.0. The largest absolute Gasteiger partial charge is 0.456 e. The van der Waals surface area contributed by atoms with Crippen LogP contribution in [-0.4, -0.2) is 19.5 Å². The molecule has 16 aromatic rings. The zero-order chi connectivity index (χ0) is 44.2. The summed E-state index contributed by atoms with van der Waals surface area (Å²) in [5.41, 5.74) is 8.11. The molecule has 5 aromatic heterocycles. The van der Waals surface area contributed by atoms with Crippen molar-refractivity contribution >= 4 is 139 Å². The van der Waals surface area contributed by atoms with Crippen molar-refractivity contribution in [3.8, 4) is 39.9 Å². The molecule has 0 amide bonds. The lowest BCUT2D eigenvalue weighted by Gasteiger charge is -2.13. The van der Waals surface area contributed by atoms with Gasteiger partial charge in [-0.25, -0.2) is 4.98 Å². The summed E-state index contributed by atoms with van der Waals surface area (Å²) in [6, 6.07) is 70.2. The third kappa shape index (κ3) is 5.11. The van der Waals surface area contributed by atoms with Gasteiger partial charge in [0.05, 0.1) is 11.0 Å². The number of thiophene rings is 2. The highest BCUT2D eigenvalue weighted by molar-refractivity contribution is 7.26. The Morgan fingerprint density at radius 2 is 0.824 bits per heavy atom. The molecule has 314 valence electrons. The maximum Gasteiger partial charge on any atom is 0.238 e. The van der Waals surface area contributed by atoms with Crippen molar-refractivity contribution in [1.82, 2.24) is 19.5 Å². The van der Waals surface area contributed by atoms with Gasteiger partial charge in [-0.05, 0) is 104 Å². The molecule has 0 atom stereocenters. The van der Waals surface area contributed by atoms with Crippen LogP contribution in [0.3, 0.4) is 0 Å². The van der Waals surface area contributed by atoms with Gasteiger partial charge in [-0.3, -0.25) is 4.57 Å². The highest BCUT2D eigenvalue weighted by Crippen LogP contribution is 2.47. The minimum Gasteiger partial charge on any atom is -0.456 e. The molecule has 0 aliphatic carbocycles. The topological polar surface area (TPSA) is 56.7 Å². The van der Waals surface area contributed by atoms with Crippen LogP contribution < -0.4 is 0 Å². The van der Waals surface area contributed by atoms with Crippen molar-refractivity contribution < 1.29 is 4.42 Å². The van der Waals surface area contributed by atoms with Gasteiger partial charge < -0.3 is 4.42 Å². The van der Waals surface area contributed by atoms with Crippen molar-refractivity contribution in [2.45, 2.75) is 0 Å². The van der Waals surface area contributed by atoms with Crippen molar-refractivity contribution in [1.29, 1.82) is 0 Å². The Labute approximate surface area is 394 Å². The van der Waals surface area contributed by atoms with Crippen LogP contribution in [0.1, 0.15) is 0 Å². The Morgan fingerprint density at radius 1 is 0.324 bits per heavy atom. The number of nitrogens with zero attached hydrogens (tertiary/aromatic N) is 4. The number of fused-ring (bicyclic) bond motifs is 14. The fourth-order valence-electron chi connectivity index (χ4n) is 11.1. The van der Waals surface area contributed by atoms with Crippen molar-refractivity contribution in [2.75, 3.05) is 0 Å². The van der Waals surface area contributed by atoms with E-state index in [0.29, 0.717) is 17.6 Å². The van der Waals surface area contributed by atoms with E-state index in [2.05, 4.69) is 187 Å². The van der Waals surface area contributed by atoms with Gasteiger partial charge in [-0.1, -0.05) is 133 Å². The predicted molar refractivity (Wildman–Crippen MR) is 287 cm³/mol.